The van der Waals surface area contributed by atoms with E-state index in [0.717, 1.165) is 0 Å². The van der Waals surface area contributed by atoms with E-state index in [2.05, 4.69) is 17.2 Å². The van der Waals surface area contributed by atoms with Gasteiger partial charge in [0.2, 0.25) is 0 Å². The molecule has 0 amide bonds. The molecule has 0 spiro atoms. The number of hydrogen-bond acceptors (Lipinski definition) is 4. The molecule has 1 heterocycles. The Morgan fingerprint density at radius 1 is 1.90 bits per heavy atom. The summed E-state index contributed by atoms with van der Waals surface area (Å²) in [4.78, 5) is 0. The molecule has 4 heteroatoms. The van der Waals surface area contributed by atoms with Gasteiger partial charge in [-0.05, 0) is 6.08 Å². The molecule has 0 aromatic rings. The van der Waals surface area contributed by atoms with Crippen molar-refractivity contribution in [3.05, 3.63) is 24.9 Å². The molecule has 1 aliphatic heterocycles. The molecule has 1 aliphatic rings. The summed E-state index contributed by atoms with van der Waals surface area (Å²) >= 11 is 0. The smallest absolute Gasteiger partial charge is 0.146 e. The third-order valence-electron chi connectivity index (χ3n) is 1.06. The van der Waals surface area contributed by atoms with E-state index in [1.54, 1.807) is 17.2 Å². The highest BCUT2D eigenvalue weighted by Crippen LogP contribution is 1.90. The number of nitrogens with one attached hydrogen (secondary N) is 1. The van der Waals surface area contributed by atoms with Crippen molar-refractivity contribution in [1.82, 2.24) is 10.5 Å². The van der Waals surface area contributed by atoms with Crippen LogP contribution in [0.4, 0.5) is 0 Å². The maximum Gasteiger partial charge on any atom is 0.146 e. The molecule has 10 heavy (non-hydrogen) atoms. The van der Waals surface area contributed by atoms with Gasteiger partial charge in [-0.3, -0.25) is 5.01 Å². The Morgan fingerprint density at radius 2 is 2.70 bits per heavy atom. The average molecular weight is 138 g/mol. The second kappa shape index (κ2) is 2.91. The van der Waals surface area contributed by atoms with Crippen molar-refractivity contribution in [2.24, 2.45) is 10.8 Å². The number of hydrazine groups is 1. The number of hydrogen-bond donors (Lipinski definition) is 2. The monoisotopic (exact) mass is 138 g/mol. The molecular formula is C6H10N4. The van der Waals surface area contributed by atoms with Gasteiger partial charge < -0.3 is 5.73 Å². The Kier molecular flexibility index (Phi) is 1.94. The average Bonchev–Trinajstić information content (AvgIpc) is 1.95. The molecule has 3 N–H and O–H groups in total. The molecule has 0 aromatic carbocycles. The van der Waals surface area contributed by atoms with Gasteiger partial charge in [0.25, 0.3) is 0 Å². The van der Waals surface area contributed by atoms with Gasteiger partial charge in [0, 0.05) is 6.20 Å². The first-order valence-corrected chi connectivity index (χ1v) is 2.97. The van der Waals surface area contributed by atoms with Gasteiger partial charge in [-0.25, -0.2) is 5.53 Å². The zero-order valence-corrected chi connectivity index (χ0v) is 5.62. The molecule has 0 radical (unpaired) electrons. The van der Waals surface area contributed by atoms with Crippen molar-refractivity contribution in [3.63, 3.8) is 0 Å². The van der Waals surface area contributed by atoms with Crippen molar-refractivity contribution in [2.75, 3.05) is 6.54 Å². The lowest BCUT2D eigenvalue weighted by Crippen LogP contribution is -2.34. The second-order valence-electron chi connectivity index (χ2n) is 1.89. The predicted octanol–water partition coefficient (Wildman–Crippen LogP) is -0.221. The third kappa shape index (κ3) is 1.51. The Morgan fingerprint density at radius 3 is 3.20 bits per heavy atom. The van der Waals surface area contributed by atoms with Crippen LogP contribution in [0, 0.1) is 0 Å². The van der Waals surface area contributed by atoms with E-state index in [4.69, 9.17) is 5.73 Å². The van der Waals surface area contributed by atoms with E-state index in [1.165, 1.54) is 0 Å². The van der Waals surface area contributed by atoms with Crippen LogP contribution >= 0.6 is 0 Å². The van der Waals surface area contributed by atoms with Gasteiger partial charge in [-0.2, -0.15) is 0 Å². The Hall–Kier alpha value is -1.45. The first kappa shape index (κ1) is 6.67. The lowest BCUT2D eigenvalue weighted by atomic mass is 10.5. The molecule has 0 aromatic heterocycles. The minimum atomic E-state index is 0.486. The predicted molar refractivity (Wildman–Crippen MR) is 40.8 cm³/mol. The molecule has 0 aliphatic carbocycles. The molecule has 54 valence electrons. The summed E-state index contributed by atoms with van der Waals surface area (Å²) < 4.78 is 0. The van der Waals surface area contributed by atoms with Gasteiger partial charge in [-0.15, -0.1) is 11.7 Å². The van der Waals surface area contributed by atoms with E-state index in [0.29, 0.717) is 12.4 Å². The van der Waals surface area contributed by atoms with Crippen LogP contribution in [0.15, 0.2) is 30.0 Å². The van der Waals surface area contributed by atoms with E-state index >= 15 is 0 Å². The summed E-state index contributed by atoms with van der Waals surface area (Å²) in [6.07, 6.45) is 5.30. The van der Waals surface area contributed by atoms with Gasteiger partial charge in [0.1, 0.15) is 5.84 Å². The highest BCUT2D eigenvalue weighted by atomic mass is 15.7. The van der Waals surface area contributed by atoms with Crippen LogP contribution in [-0.4, -0.2) is 17.4 Å². The van der Waals surface area contributed by atoms with Gasteiger partial charge in [0.05, 0.1) is 6.54 Å². The number of hydrazone groups is 1. The van der Waals surface area contributed by atoms with Crippen LogP contribution < -0.4 is 11.3 Å². The van der Waals surface area contributed by atoms with Crippen molar-refractivity contribution < 1.29 is 0 Å². The quantitative estimate of drug-likeness (QED) is 0.519. The topological polar surface area (TPSA) is 53.6 Å². The molecule has 1 rings (SSSR count). The molecule has 0 saturated heterocycles. The van der Waals surface area contributed by atoms with Crippen molar-refractivity contribution in [2.45, 2.75) is 0 Å². The van der Waals surface area contributed by atoms with Gasteiger partial charge in [0.15, 0.2) is 0 Å². The fourth-order valence-corrected chi connectivity index (χ4v) is 0.600. The summed E-state index contributed by atoms with van der Waals surface area (Å²) in [7, 11) is 0. The van der Waals surface area contributed by atoms with Crippen LogP contribution in [0.3, 0.4) is 0 Å². The largest absolute Gasteiger partial charge is 0.382 e. The fraction of sp³-hybridized carbons (Fsp3) is 0.167. The van der Waals surface area contributed by atoms with E-state index in [9.17, 15) is 0 Å². The van der Waals surface area contributed by atoms with Crippen LogP contribution in [0.5, 0.6) is 0 Å². The normalized spacial score (nSPS) is 16.0. The molecule has 0 fully saturated rings. The highest BCUT2D eigenvalue weighted by Gasteiger charge is 1.97. The molecule has 4 nitrogen and oxygen atoms in total. The molecule has 0 atom stereocenters. The fourth-order valence-electron chi connectivity index (χ4n) is 0.600. The van der Waals surface area contributed by atoms with Crippen molar-refractivity contribution in [1.29, 1.82) is 0 Å². The lowest BCUT2D eigenvalue weighted by Gasteiger charge is -2.19. The van der Waals surface area contributed by atoms with Crippen LogP contribution in [-0.2, 0) is 0 Å². The van der Waals surface area contributed by atoms with Crippen LogP contribution in [0.2, 0.25) is 0 Å². The first-order valence-electron chi connectivity index (χ1n) is 2.97. The summed E-state index contributed by atoms with van der Waals surface area (Å²) in [6.45, 7) is 4.29. The van der Waals surface area contributed by atoms with Crippen molar-refractivity contribution in [3.8, 4) is 0 Å². The Labute approximate surface area is 59.7 Å². The molecule has 0 unspecified atom stereocenters. The number of nitrogens with zero attached hydrogens (tertiary/aromatic N) is 2. The van der Waals surface area contributed by atoms with Gasteiger partial charge >= 0.3 is 0 Å². The van der Waals surface area contributed by atoms with E-state index < -0.39 is 0 Å². The highest BCUT2D eigenvalue weighted by molar-refractivity contribution is 5.91. The molecule has 0 bridgehead atoms. The maximum absolute atomic E-state index is 5.34. The van der Waals surface area contributed by atoms with Crippen molar-refractivity contribution >= 4 is 5.84 Å². The minimum Gasteiger partial charge on any atom is -0.382 e. The minimum absolute atomic E-state index is 0.486. The Bertz CT molecular complexity index is 182. The standard InChI is InChI=1S/C6H10N4/c1-2-4-10-5-3-6(7)8-9-10/h2-3,5,9H,1,4H2,(H2,7,8). The van der Waals surface area contributed by atoms with E-state index in [1.807, 2.05) is 6.20 Å². The molecule has 0 saturated carbocycles. The summed E-state index contributed by atoms with van der Waals surface area (Å²) in [5.74, 6) is 0.486. The zero-order valence-electron chi connectivity index (χ0n) is 5.62. The Balaban J connectivity index is 2.44. The van der Waals surface area contributed by atoms with Gasteiger partial charge in [-0.1, -0.05) is 6.08 Å². The van der Waals surface area contributed by atoms with Crippen LogP contribution in [0.25, 0.3) is 0 Å². The zero-order chi connectivity index (χ0) is 7.40. The number of amidine groups is 1. The lowest BCUT2D eigenvalue weighted by molar-refractivity contribution is 0.302. The summed E-state index contributed by atoms with van der Waals surface area (Å²) in [5.41, 5.74) is 8.05. The first-order chi connectivity index (χ1) is 4.83. The second-order valence-corrected chi connectivity index (χ2v) is 1.89. The summed E-state index contributed by atoms with van der Waals surface area (Å²) in [6, 6.07) is 0. The third-order valence-corrected chi connectivity index (χ3v) is 1.06. The number of nitrogens with two attached hydrogens (primary N) is 1. The SMILES string of the molecule is C=CCN1C=CC(N)=NN1. The summed E-state index contributed by atoms with van der Waals surface area (Å²) in [5, 5.41) is 5.53. The van der Waals surface area contributed by atoms with E-state index in [-0.39, 0.29) is 0 Å². The van der Waals surface area contributed by atoms with Crippen LogP contribution in [0.1, 0.15) is 0 Å². The molecular weight excluding hydrogens is 128 g/mol. The number of rotatable bonds is 2. The maximum atomic E-state index is 5.34.